The molecule has 0 aliphatic carbocycles. The lowest BCUT2D eigenvalue weighted by Gasteiger charge is -2.14. The molecule has 5 nitrogen and oxygen atoms in total. The number of hydrogen-bond acceptors (Lipinski definition) is 4. The van der Waals surface area contributed by atoms with Crippen molar-refractivity contribution in [3.05, 3.63) is 53.5 Å². The third kappa shape index (κ3) is 2.60. The van der Waals surface area contributed by atoms with Gasteiger partial charge in [-0.2, -0.15) is 0 Å². The molecule has 1 aliphatic rings. The van der Waals surface area contributed by atoms with Crippen molar-refractivity contribution in [2.75, 3.05) is 19.4 Å². The second-order valence-corrected chi connectivity index (χ2v) is 6.59. The van der Waals surface area contributed by atoms with Gasteiger partial charge in [-0.25, -0.2) is 9.37 Å². The summed E-state index contributed by atoms with van der Waals surface area (Å²) in [7, 11) is 1.50. The van der Waals surface area contributed by atoms with E-state index in [2.05, 4.69) is 0 Å². The molecule has 0 bridgehead atoms. The van der Waals surface area contributed by atoms with Crippen LogP contribution in [0.25, 0.3) is 22.0 Å². The predicted octanol–water partition coefficient (Wildman–Crippen LogP) is 4.00. The maximum Gasteiger partial charge on any atom is 0.258 e. The van der Waals surface area contributed by atoms with Crippen molar-refractivity contribution in [1.82, 2.24) is 9.88 Å². The number of benzene rings is 2. The molecule has 0 atom stereocenters. The van der Waals surface area contributed by atoms with E-state index >= 15 is 0 Å². The molecule has 1 amide bonds. The smallest absolute Gasteiger partial charge is 0.258 e. The number of rotatable bonds is 4. The summed E-state index contributed by atoms with van der Waals surface area (Å²) >= 11 is 0. The number of pyridine rings is 1. The molecule has 2 N–H and O–H groups in total. The van der Waals surface area contributed by atoms with E-state index in [4.69, 9.17) is 15.5 Å². The first-order chi connectivity index (χ1) is 13.1. The summed E-state index contributed by atoms with van der Waals surface area (Å²) in [4.78, 5) is 19.2. The predicted molar refractivity (Wildman–Crippen MR) is 103 cm³/mol. The van der Waals surface area contributed by atoms with Crippen LogP contribution in [0.3, 0.4) is 0 Å². The average molecular weight is 365 g/mol. The number of aromatic nitrogens is 1. The molecule has 0 saturated carbocycles. The van der Waals surface area contributed by atoms with Gasteiger partial charge >= 0.3 is 0 Å². The Kier molecular flexibility index (Phi) is 4.18. The van der Waals surface area contributed by atoms with Gasteiger partial charge in [-0.3, -0.25) is 4.79 Å². The first-order valence-electron chi connectivity index (χ1n) is 8.90. The van der Waals surface area contributed by atoms with Crippen LogP contribution >= 0.6 is 0 Å². The van der Waals surface area contributed by atoms with Crippen molar-refractivity contribution in [3.8, 4) is 16.9 Å². The highest BCUT2D eigenvalue weighted by Gasteiger charge is 2.32. The molecule has 0 radical (unpaired) electrons. The summed E-state index contributed by atoms with van der Waals surface area (Å²) in [6, 6.07) is 10.1. The molecule has 0 fully saturated rings. The van der Waals surface area contributed by atoms with Gasteiger partial charge < -0.3 is 15.4 Å². The minimum absolute atomic E-state index is 0.0902. The number of halogens is 1. The minimum atomic E-state index is -0.397. The van der Waals surface area contributed by atoms with E-state index in [1.165, 1.54) is 13.2 Å². The van der Waals surface area contributed by atoms with E-state index in [9.17, 15) is 9.18 Å². The molecule has 0 spiro atoms. The Bertz CT molecular complexity index is 1060. The number of nitrogens with two attached hydrogens (primary N) is 1. The van der Waals surface area contributed by atoms with Crippen molar-refractivity contribution in [3.63, 3.8) is 0 Å². The number of anilines is 1. The number of carbonyl (C=O) groups is 1. The van der Waals surface area contributed by atoms with Crippen LogP contribution in [0.5, 0.6) is 5.75 Å². The number of amides is 1. The Balaban J connectivity index is 1.99. The minimum Gasteiger partial charge on any atom is -0.496 e. The first kappa shape index (κ1) is 17.3. The van der Waals surface area contributed by atoms with Crippen LogP contribution < -0.4 is 10.5 Å². The summed E-state index contributed by atoms with van der Waals surface area (Å²) in [5.74, 6) is -0.0638. The highest BCUT2D eigenvalue weighted by molar-refractivity contribution is 6.11. The molecule has 1 aromatic heterocycles. The van der Waals surface area contributed by atoms with E-state index in [1.54, 1.807) is 29.2 Å². The third-order valence-electron chi connectivity index (χ3n) is 4.93. The van der Waals surface area contributed by atoms with Crippen LogP contribution in [0, 0.1) is 5.82 Å². The molecule has 27 heavy (non-hydrogen) atoms. The summed E-state index contributed by atoms with van der Waals surface area (Å²) in [6.45, 7) is 3.09. The number of methoxy groups -OCH3 is 1. The fourth-order valence-electron chi connectivity index (χ4n) is 3.71. The van der Waals surface area contributed by atoms with E-state index in [-0.39, 0.29) is 5.91 Å². The second kappa shape index (κ2) is 6.54. The fraction of sp³-hybridized carbons (Fsp3) is 0.238. The van der Waals surface area contributed by atoms with Gasteiger partial charge in [0.2, 0.25) is 0 Å². The van der Waals surface area contributed by atoms with Crippen molar-refractivity contribution in [1.29, 1.82) is 0 Å². The normalized spacial score (nSPS) is 13.3. The zero-order valence-electron chi connectivity index (χ0n) is 15.3. The molecule has 1 aliphatic heterocycles. The molecule has 6 heteroatoms. The van der Waals surface area contributed by atoms with Crippen molar-refractivity contribution >= 4 is 22.5 Å². The Labute approximate surface area is 156 Å². The van der Waals surface area contributed by atoms with Gasteiger partial charge in [0.1, 0.15) is 11.6 Å². The second-order valence-electron chi connectivity index (χ2n) is 6.59. The maximum absolute atomic E-state index is 14.6. The summed E-state index contributed by atoms with van der Waals surface area (Å²) in [5, 5.41) is 0.642. The number of nitrogens with zero attached hydrogens (tertiary/aromatic N) is 2. The topological polar surface area (TPSA) is 68.5 Å². The number of ether oxygens (including phenoxy) is 1. The average Bonchev–Trinajstić information content (AvgIpc) is 2.97. The van der Waals surface area contributed by atoms with E-state index in [1.807, 2.05) is 13.0 Å². The Morgan fingerprint density at radius 3 is 2.74 bits per heavy atom. The Hall–Kier alpha value is -3.15. The molecule has 0 unspecified atom stereocenters. The molecular formula is C21H20FN3O2. The molecule has 2 heterocycles. The van der Waals surface area contributed by atoms with Gasteiger partial charge in [0.25, 0.3) is 5.91 Å². The Morgan fingerprint density at radius 2 is 2.00 bits per heavy atom. The van der Waals surface area contributed by atoms with E-state index < -0.39 is 5.82 Å². The van der Waals surface area contributed by atoms with Crippen molar-refractivity contribution in [2.24, 2.45) is 0 Å². The highest BCUT2D eigenvalue weighted by atomic mass is 19.1. The van der Waals surface area contributed by atoms with Gasteiger partial charge in [-0.05, 0) is 18.6 Å². The number of carbonyl (C=O) groups excluding carboxylic acids is 1. The summed E-state index contributed by atoms with van der Waals surface area (Å²) < 4.78 is 20.0. The third-order valence-corrected chi connectivity index (χ3v) is 4.93. The van der Waals surface area contributed by atoms with Gasteiger partial charge in [-0.1, -0.05) is 31.2 Å². The largest absolute Gasteiger partial charge is 0.496 e. The molecule has 4 rings (SSSR count). The highest BCUT2D eigenvalue weighted by Crippen LogP contribution is 2.40. The lowest BCUT2D eigenvalue weighted by Crippen LogP contribution is -2.24. The van der Waals surface area contributed by atoms with Gasteiger partial charge in [0.05, 0.1) is 41.7 Å². The maximum atomic E-state index is 14.6. The van der Waals surface area contributed by atoms with Crippen molar-refractivity contribution in [2.45, 2.75) is 19.9 Å². The quantitative estimate of drug-likeness (QED) is 0.759. The summed E-state index contributed by atoms with van der Waals surface area (Å²) in [6.07, 6.45) is 0.858. The molecular weight excluding hydrogens is 345 g/mol. The lowest BCUT2D eigenvalue weighted by atomic mass is 9.98. The van der Waals surface area contributed by atoms with E-state index in [0.717, 1.165) is 6.42 Å². The lowest BCUT2D eigenvalue weighted by molar-refractivity contribution is 0.0779. The number of hydrogen-bond donors (Lipinski definition) is 1. The van der Waals surface area contributed by atoms with Crippen LogP contribution in [0.15, 0.2) is 36.4 Å². The SMILES string of the molecule is CCCN1Cc2nc3c(-c4c(F)cccc4OC)cccc3c(N)c2C1=O. The van der Waals surface area contributed by atoms with E-state index in [0.29, 0.717) is 57.8 Å². The van der Waals surface area contributed by atoms with Crippen molar-refractivity contribution < 1.29 is 13.9 Å². The van der Waals surface area contributed by atoms with Crippen LogP contribution in [0.4, 0.5) is 10.1 Å². The fourth-order valence-corrected chi connectivity index (χ4v) is 3.71. The first-order valence-corrected chi connectivity index (χ1v) is 8.90. The van der Waals surface area contributed by atoms with Gasteiger partial charge in [0.15, 0.2) is 0 Å². The zero-order chi connectivity index (χ0) is 19.1. The van der Waals surface area contributed by atoms with Gasteiger partial charge in [0, 0.05) is 17.5 Å². The van der Waals surface area contributed by atoms with Crippen LogP contribution in [0.2, 0.25) is 0 Å². The monoisotopic (exact) mass is 365 g/mol. The standard InChI is InChI=1S/C21H20FN3O2/c1-3-10-25-11-15-18(21(25)26)19(23)13-7-4-6-12(20(13)24-15)17-14(22)8-5-9-16(17)27-2/h4-9H,3,10-11H2,1-2H3,(H2,23,24). The van der Waals surface area contributed by atoms with Crippen LogP contribution in [-0.4, -0.2) is 29.4 Å². The van der Waals surface area contributed by atoms with Crippen LogP contribution in [0.1, 0.15) is 29.4 Å². The number of para-hydroxylation sites is 1. The zero-order valence-corrected chi connectivity index (χ0v) is 15.3. The molecule has 3 aromatic rings. The Morgan fingerprint density at radius 1 is 1.22 bits per heavy atom. The summed E-state index contributed by atoms with van der Waals surface area (Å²) in [5.41, 5.74) is 9.38. The molecule has 0 saturated heterocycles. The number of nitrogen functional groups attached to an aromatic ring is 1. The molecule has 138 valence electrons. The van der Waals surface area contributed by atoms with Crippen LogP contribution in [-0.2, 0) is 6.54 Å². The number of fused-ring (bicyclic) bond motifs is 2. The van der Waals surface area contributed by atoms with Gasteiger partial charge in [-0.15, -0.1) is 0 Å². The molecule has 2 aromatic carbocycles.